The second-order valence-corrected chi connectivity index (χ2v) is 4.09. The molecule has 1 aromatic rings. The van der Waals surface area contributed by atoms with Crippen molar-refractivity contribution in [3.05, 3.63) is 32.7 Å². The van der Waals surface area contributed by atoms with Gasteiger partial charge >= 0.3 is 0 Å². The van der Waals surface area contributed by atoms with Crippen LogP contribution in [0.4, 0.5) is 0 Å². The van der Waals surface area contributed by atoms with Gasteiger partial charge in [0.2, 0.25) is 0 Å². The first-order valence-electron chi connectivity index (χ1n) is 2.98. The first-order chi connectivity index (χ1) is 5.65. The Morgan fingerprint density at radius 3 is 2.50 bits per heavy atom. The van der Waals surface area contributed by atoms with Gasteiger partial charge in [0, 0.05) is 14.5 Å². The van der Waals surface area contributed by atoms with E-state index in [0.29, 0.717) is 5.56 Å². The highest BCUT2D eigenvalue weighted by Gasteiger charge is 2.02. The fourth-order valence-electron chi connectivity index (χ4n) is 0.682. The van der Waals surface area contributed by atoms with Crippen molar-refractivity contribution in [3.8, 4) is 0 Å². The molecule has 0 amide bonds. The van der Waals surface area contributed by atoms with Gasteiger partial charge in [0.25, 0.3) is 0 Å². The molecule has 0 aliphatic heterocycles. The molecule has 0 atom stereocenters. The minimum Gasteiger partial charge on any atom is -0.410 e. The van der Waals surface area contributed by atoms with Gasteiger partial charge in [0.05, 0.1) is 0 Å². The molecule has 2 nitrogen and oxygen atoms in total. The van der Waals surface area contributed by atoms with Crippen LogP contribution in [0.25, 0.3) is 0 Å². The van der Waals surface area contributed by atoms with Crippen LogP contribution in [-0.2, 0) is 0 Å². The van der Waals surface area contributed by atoms with Crippen LogP contribution in [0.2, 0.25) is 0 Å². The summed E-state index contributed by atoms with van der Waals surface area (Å²) in [6.07, 6.45) is 0. The Morgan fingerprint density at radius 1 is 1.33 bits per heavy atom. The largest absolute Gasteiger partial charge is 0.410 e. The molecule has 0 aromatic heterocycles. The molecule has 0 radical (unpaired) electrons. The third kappa shape index (κ3) is 2.21. The first-order valence-corrected chi connectivity index (χ1v) is 4.94. The zero-order valence-corrected chi connectivity index (χ0v) is 9.69. The van der Waals surface area contributed by atoms with Gasteiger partial charge in [0.15, 0.2) is 5.17 Å². The monoisotopic (exact) mass is 311 g/mol. The molecule has 0 heterocycles. The molecule has 0 saturated heterocycles. The predicted octanol–water partition coefficient (Wildman–Crippen LogP) is 3.59. The Bertz CT molecular complexity index is 327. The van der Waals surface area contributed by atoms with E-state index in [0.717, 1.165) is 8.95 Å². The third-order valence-electron chi connectivity index (χ3n) is 1.25. The van der Waals surface area contributed by atoms with Crippen molar-refractivity contribution in [2.75, 3.05) is 0 Å². The maximum absolute atomic E-state index is 8.38. The lowest BCUT2D eigenvalue weighted by molar-refractivity contribution is 0.321. The topological polar surface area (TPSA) is 32.6 Å². The van der Waals surface area contributed by atoms with Gasteiger partial charge in [-0.05, 0) is 44.0 Å². The van der Waals surface area contributed by atoms with Crippen LogP contribution in [0.3, 0.4) is 0 Å². The molecule has 12 heavy (non-hydrogen) atoms. The van der Waals surface area contributed by atoms with Crippen LogP contribution in [0.15, 0.2) is 32.3 Å². The van der Waals surface area contributed by atoms with Crippen molar-refractivity contribution in [1.82, 2.24) is 0 Å². The second kappa shape index (κ2) is 4.25. The summed E-state index contributed by atoms with van der Waals surface area (Å²) < 4.78 is 1.79. The maximum Gasteiger partial charge on any atom is 0.175 e. The molecule has 0 bridgehead atoms. The zero-order chi connectivity index (χ0) is 9.14. The molecule has 0 saturated carbocycles. The van der Waals surface area contributed by atoms with E-state index in [1.807, 2.05) is 6.07 Å². The molecule has 0 fully saturated rings. The van der Waals surface area contributed by atoms with Crippen molar-refractivity contribution < 1.29 is 5.21 Å². The van der Waals surface area contributed by atoms with Crippen LogP contribution in [-0.4, -0.2) is 10.4 Å². The van der Waals surface area contributed by atoms with Gasteiger partial charge in [-0.2, -0.15) is 0 Å². The standard InChI is InChI=1S/C7H4Br2ClNO/c8-5-2-1-4(3-6(5)9)7(10)11-12/h1-3,12H. The molecular weight excluding hydrogens is 309 g/mol. The fourth-order valence-corrected chi connectivity index (χ4v) is 1.43. The van der Waals surface area contributed by atoms with Gasteiger partial charge in [-0.3, -0.25) is 0 Å². The minimum absolute atomic E-state index is 0.0724. The number of nitrogens with zero attached hydrogens (tertiary/aromatic N) is 1. The highest BCUT2D eigenvalue weighted by Crippen LogP contribution is 2.24. The van der Waals surface area contributed by atoms with E-state index < -0.39 is 0 Å². The number of hydrogen-bond donors (Lipinski definition) is 1. The van der Waals surface area contributed by atoms with E-state index >= 15 is 0 Å². The number of hydrogen-bond acceptors (Lipinski definition) is 2. The van der Waals surface area contributed by atoms with Crippen LogP contribution in [0.5, 0.6) is 0 Å². The molecule has 1 rings (SSSR count). The predicted molar refractivity (Wildman–Crippen MR) is 56.0 cm³/mol. The average Bonchev–Trinajstić information content (AvgIpc) is 2.08. The van der Waals surface area contributed by atoms with Crippen molar-refractivity contribution in [2.45, 2.75) is 0 Å². The molecule has 0 unspecified atom stereocenters. The van der Waals surface area contributed by atoms with E-state index in [4.69, 9.17) is 16.8 Å². The zero-order valence-electron chi connectivity index (χ0n) is 5.76. The van der Waals surface area contributed by atoms with Crippen molar-refractivity contribution >= 4 is 48.6 Å². The molecule has 0 aliphatic rings. The second-order valence-electron chi connectivity index (χ2n) is 2.02. The van der Waals surface area contributed by atoms with Gasteiger partial charge in [-0.1, -0.05) is 22.8 Å². The average molecular weight is 313 g/mol. The number of oxime groups is 1. The highest BCUT2D eigenvalue weighted by molar-refractivity contribution is 9.13. The van der Waals surface area contributed by atoms with E-state index in [-0.39, 0.29) is 5.17 Å². The normalized spacial score (nSPS) is 11.8. The lowest BCUT2D eigenvalue weighted by atomic mass is 10.2. The fraction of sp³-hybridized carbons (Fsp3) is 0. The summed E-state index contributed by atoms with van der Waals surface area (Å²) >= 11 is 12.2. The number of halogens is 3. The van der Waals surface area contributed by atoms with E-state index in [1.165, 1.54) is 0 Å². The minimum atomic E-state index is 0.0724. The lowest BCUT2D eigenvalue weighted by Gasteiger charge is -1.98. The van der Waals surface area contributed by atoms with Gasteiger partial charge in [-0.25, -0.2) is 0 Å². The van der Waals surface area contributed by atoms with Gasteiger partial charge < -0.3 is 5.21 Å². The lowest BCUT2D eigenvalue weighted by Crippen LogP contribution is -1.90. The van der Waals surface area contributed by atoms with Crippen LogP contribution >= 0.6 is 43.5 Å². The van der Waals surface area contributed by atoms with Gasteiger partial charge in [-0.15, -0.1) is 0 Å². The third-order valence-corrected chi connectivity index (χ3v) is 3.42. The Balaban J connectivity index is 3.13. The van der Waals surface area contributed by atoms with Crippen molar-refractivity contribution in [3.63, 3.8) is 0 Å². The summed E-state index contributed by atoms with van der Waals surface area (Å²) in [5.41, 5.74) is 0.661. The Kier molecular flexibility index (Phi) is 3.55. The Labute approximate surface area is 91.5 Å². The number of rotatable bonds is 1. The molecule has 5 heteroatoms. The van der Waals surface area contributed by atoms with E-state index in [2.05, 4.69) is 37.0 Å². The van der Waals surface area contributed by atoms with Crippen molar-refractivity contribution in [2.24, 2.45) is 5.16 Å². The quantitative estimate of drug-likeness (QED) is 0.480. The van der Waals surface area contributed by atoms with E-state index in [9.17, 15) is 0 Å². The molecular formula is C7H4Br2ClNO. The molecule has 64 valence electrons. The molecule has 0 aliphatic carbocycles. The van der Waals surface area contributed by atoms with Crippen LogP contribution in [0, 0.1) is 0 Å². The molecule has 1 N–H and O–H groups in total. The summed E-state index contributed by atoms with van der Waals surface area (Å²) in [5, 5.41) is 11.3. The highest BCUT2D eigenvalue weighted by atomic mass is 79.9. The molecule has 1 aromatic carbocycles. The van der Waals surface area contributed by atoms with Gasteiger partial charge in [0.1, 0.15) is 0 Å². The summed E-state index contributed by atoms with van der Waals surface area (Å²) in [6.45, 7) is 0. The van der Waals surface area contributed by atoms with Crippen LogP contribution < -0.4 is 0 Å². The smallest absolute Gasteiger partial charge is 0.175 e. The maximum atomic E-state index is 8.38. The first kappa shape index (κ1) is 10.0. The summed E-state index contributed by atoms with van der Waals surface area (Å²) in [5.74, 6) is 0. The van der Waals surface area contributed by atoms with Crippen molar-refractivity contribution in [1.29, 1.82) is 0 Å². The summed E-state index contributed by atoms with van der Waals surface area (Å²) in [4.78, 5) is 0. The summed E-state index contributed by atoms with van der Waals surface area (Å²) in [6, 6.07) is 5.32. The Hall–Kier alpha value is -0.0600. The number of benzene rings is 1. The summed E-state index contributed by atoms with van der Waals surface area (Å²) in [7, 11) is 0. The Morgan fingerprint density at radius 2 is 2.00 bits per heavy atom. The molecule has 0 spiro atoms. The van der Waals surface area contributed by atoms with E-state index in [1.54, 1.807) is 12.1 Å². The SMILES string of the molecule is ON=C(Cl)c1ccc(Br)c(Br)c1. The van der Waals surface area contributed by atoms with Crippen LogP contribution in [0.1, 0.15) is 5.56 Å².